The highest BCUT2D eigenvalue weighted by Gasteiger charge is 2.58. The van der Waals surface area contributed by atoms with E-state index >= 15 is 0 Å². The molecule has 2 heterocycles. The lowest BCUT2D eigenvalue weighted by Gasteiger charge is -2.54. The molecule has 7 nitrogen and oxygen atoms in total. The Labute approximate surface area is 215 Å². The first kappa shape index (κ1) is 25.7. The van der Waals surface area contributed by atoms with Crippen LogP contribution in [0.15, 0.2) is 42.6 Å². The molecule has 1 saturated heterocycles. The summed E-state index contributed by atoms with van der Waals surface area (Å²) in [6.45, 7) is 3.25. The van der Waals surface area contributed by atoms with Crippen molar-refractivity contribution in [2.45, 2.75) is 51.1 Å². The van der Waals surface area contributed by atoms with Gasteiger partial charge in [-0.3, -0.25) is 9.69 Å². The minimum atomic E-state index is -3.68. The second kappa shape index (κ2) is 9.09. The average Bonchev–Trinajstić information content (AvgIpc) is 3.30. The molecule has 1 spiro atoms. The van der Waals surface area contributed by atoms with Gasteiger partial charge in [0.1, 0.15) is 5.75 Å². The predicted molar refractivity (Wildman–Crippen MR) is 137 cm³/mol. The monoisotopic (exact) mass is 531 g/mol. The first-order valence-corrected chi connectivity index (χ1v) is 14.2. The third-order valence-electron chi connectivity index (χ3n) is 7.79. The molecular formula is C27H31F2N3O4S. The van der Waals surface area contributed by atoms with E-state index in [1.165, 1.54) is 0 Å². The molecule has 0 bridgehead atoms. The fourth-order valence-electron chi connectivity index (χ4n) is 6.13. The summed E-state index contributed by atoms with van der Waals surface area (Å²) in [4.78, 5) is 17.9. The molecule has 2 aromatic carbocycles. The Kier molecular flexibility index (Phi) is 6.31. The van der Waals surface area contributed by atoms with Gasteiger partial charge in [-0.1, -0.05) is 12.1 Å². The highest BCUT2D eigenvalue weighted by molar-refractivity contribution is 7.89. The van der Waals surface area contributed by atoms with E-state index in [-0.39, 0.29) is 24.4 Å². The van der Waals surface area contributed by atoms with Crippen molar-refractivity contribution in [3.8, 4) is 5.75 Å². The van der Waals surface area contributed by atoms with E-state index in [0.717, 1.165) is 39.6 Å². The summed E-state index contributed by atoms with van der Waals surface area (Å²) in [5, 5.41) is 1.07. The van der Waals surface area contributed by atoms with Gasteiger partial charge in [0.2, 0.25) is 15.9 Å². The Balaban J connectivity index is 1.47. The van der Waals surface area contributed by atoms with Gasteiger partial charge in [-0.15, -0.1) is 0 Å². The van der Waals surface area contributed by atoms with Crippen LogP contribution in [0.3, 0.4) is 0 Å². The summed E-state index contributed by atoms with van der Waals surface area (Å²) in [5.41, 5.74) is 3.87. The normalized spacial score (nSPS) is 21.1. The minimum Gasteiger partial charge on any atom is -0.496 e. The molecule has 1 aliphatic heterocycles. The molecule has 1 atom stereocenters. The van der Waals surface area contributed by atoms with Gasteiger partial charge in [0.15, 0.2) is 0 Å². The topological polar surface area (TPSA) is 91.5 Å². The number of piperidine rings is 1. The summed E-state index contributed by atoms with van der Waals surface area (Å²) < 4.78 is 58.5. The molecular weight excluding hydrogens is 500 g/mol. The van der Waals surface area contributed by atoms with Crippen molar-refractivity contribution in [1.82, 2.24) is 14.6 Å². The van der Waals surface area contributed by atoms with E-state index in [9.17, 15) is 22.0 Å². The number of likely N-dealkylation sites (tertiary alicyclic amines) is 1. The number of methoxy groups -OCH3 is 1. The van der Waals surface area contributed by atoms with Crippen molar-refractivity contribution in [1.29, 1.82) is 0 Å². The number of rotatable bonds is 6. The van der Waals surface area contributed by atoms with Crippen LogP contribution in [0.2, 0.25) is 0 Å². The number of halogens is 2. The highest BCUT2D eigenvalue weighted by atomic mass is 32.2. The molecule has 10 heteroatoms. The van der Waals surface area contributed by atoms with Crippen LogP contribution >= 0.6 is 0 Å². The van der Waals surface area contributed by atoms with Crippen LogP contribution in [0.4, 0.5) is 8.78 Å². The Hall–Kier alpha value is -2.98. The maximum absolute atomic E-state index is 14.0. The quantitative estimate of drug-likeness (QED) is 0.471. The third-order valence-corrected chi connectivity index (χ3v) is 8.35. The zero-order valence-corrected chi connectivity index (χ0v) is 21.9. The van der Waals surface area contributed by atoms with E-state index < -0.39 is 27.3 Å². The number of hydrogen-bond donors (Lipinski definition) is 2. The lowest BCUT2D eigenvalue weighted by Crippen LogP contribution is -2.53. The lowest BCUT2D eigenvalue weighted by molar-refractivity contribution is -0.186. The van der Waals surface area contributed by atoms with Crippen molar-refractivity contribution in [3.63, 3.8) is 0 Å². The van der Waals surface area contributed by atoms with Gasteiger partial charge in [-0.05, 0) is 67.1 Å². The van der Waals surface area contributed by atoms with Crippen LogP contribution < -0.4 is 9.46 Å². The lowest BCUT2D eigenvalue weighted by atomic mass is 9.59. The second-order valence-corrected chi connectivity index (χ2v) is 12.4. The van der Waals surface area contributed by atoms with Gasteiger partial charge < -0.3 is 9.72 Å². The fraction of sp³-hybridized carbons (Fsp3) is 0.444. The molecule has 2 aliphatic rings. The van der Waals surface area contributed by atoms with Gasteiger partial charge in [-0.25, -0.2) is 21.9 Å². The van der Waals surface area contributed by atoms with Crippen LogP contribution in [-0.2, 0) is 16.6 Å². The second-order valence-electron chi connectivity index (χ2n) is 10.6. The van der Waals surface area contributed by atoms with E-state index in [0.29, 0.717) is 25.9 Å². The zero-order valence-electron chi connectivity index (χ0n) is 21.1. The number of aromatic nitrogens is 1. The number of nitrogens with zero attached hydrogens (tertiary/aromatic N) is 1. The van der Waals surface area contributed by atoms with E-state index in [2.05, 4.69) is 9.88 Å². The maximum Gasteiger partial charge on any atom is 0.264 e. The molecule has 2 fully saturated rings. The van der Waals surface area contributed by atoms with Crippen LogP contribution in [0.5, 0.6) is 5.75 Å². The molecule has 3 aromatic rings. The Morgan fingerprint density at radius 1 is 1.22 bits per heavy atom. The number of benzene rings is 2. The highest BCUT2D eigenvalue weighted by Crippen LogP contribution is 2.60. The predicted octanol–water partition coefficient (Wildman–Crippen LogP) is 4.93. The number of carbonyl (C=O) groups excluding carboxylic acids is 1. The minimum absolute atomic E-state index is 0.102. The van der Waals surface area contributed by atoms with Gasteiger partial charge in [-0.2, -0.15) is 0 Å². The Morgan fingerprint density at radius 3 is 2.54 bits per heavy atom. The fourth-order valence-corrected chi connectivity index (χ4v) is 6.59. The summed E-state index contributed by atoms with van der Waals surface area (Å²) in [6, 6.07) is 10.7. The van der Waals surface area contributed by atoms with Crippen LogP contribution in [-0.4, -0.2) is 50.0 Å². The van der Waals surface area contributed by atoms with E-state index in [1.807, 2.05) is 30.0 Å². The number of amides is 1. The summed E-state index contributed by atoms with van der Waals surface area (Å²) in [7, 11) is -2.03. The number of hydrogen-bond acceptors (Lipinski definition) is 5. The number of carbonyl (C=O) groups is 1. The number of nitrogens with one attached hydrogen (secondary N) is 2. The van der Waals surface area contributed by atoms with E-state index in [4.69, 9.17) is 4.74 Å². The molecule has 1 aliphatic carbocycles. The Bertz CT molecular complexity index is 1440. The number of fused-ring (bicyclic) bond motifs is 1. The molecule has 0 unspecified atom stereocenters. The van der Waals surface area contributed by atoms with Crippen molar-refractivity contribution >= 4 is 26.8 Å². The number of alkyl halides is 2. The largest absolute Gasteiger partial charge is 0.496 e. The molecule has 2 N–H and O–H groups in total. The smallest absolute Gasteiger partial charge is 0.264 e. The number of aryl methyl sites for hydroxylation is 1. The molecule has 5 rings (SSSR count). The van der Waals surface area contributed by atoms with Crippen molar-refractivity contribution in [2.24, 2.45) is 5.41 Å². The van der Waals surface area contributed by atoms with Gasteiger partial charge in [0, 0.05) is 53.7 Å². The van der Waals surface area contributed by atoms with E-state index in [1.54, 1.807) is 31.4 Å². The average molecular weight is 532 g/mol. The number of aromatic amines is 1. The molecule has 198 valence electrons. The molecule has 0 radical (unpaired) electrons. The number of ether oxygens (including phenoxy) is 1. The first-order valence-electron chi connectivity index (χ1n) is 12.3. The molecule has 1 aromatic heterocycles. The van der Waals surface area contributed by atoms with Crippen LogP contribution in [0.25, 0.3) is 10.9 Å². The summed E-state index contributed by atoms with van der Waals surface area (Å²) in [5.74, 6) is -2.53. The molecule has 1 amide bonds. The van der Waals surface area contributed by atoms with Crippen molar-refractivity contribution in [2.75, 3.05) is 19.9 Å². The number of H-pyrrole nitrogens is 1. The summed E-state index contributed by atoms with van der Waals surface area (Å²) >= 11 is 0. The summed E-state index contributed by atoms with van der Waals surface area (Å²) in [6.07, 6.45) is 3.90. The molecule has 1 saturated carbocycles. The van der Waals surface area contributed by atoms with Crippen molar-refractivity contribution in [3.05, 3.63) is 64.8 Å². The number of sulfonamides is 1. The first-order chi connectivity index (χ1) is 17.4. The van der Waals surface area contributed by atoms with Crippen LogP contribution in [0, 0.1) is 12.3 Å². The SMILES string of the molecule is COc1cc(C)c2[nH]ccc2c1CN1CCC2(C[C@H]1c1ccc(C(=O)NS(C)(=O)=O)cc1)CC(F)(F)C2. The zero-order chi connectivity index (χ0) is 26.6. The van der Waals surface area contributed by atoms with Gasteiger partial charge in [0.05, 0.1) is 13.4 Å². The third kappa shape index (κ3) is 5.09. The van der Waals surface area contributed by atoms with Crippen molar-refractivity contribution < 1.29 is 26.7 Å². The molecule has 37 heavy (non-hydrogen) atoms. The maximum atomic E-state index is 14.0. The van der Waals surface area contributed by atoms with Crippen LogP contribution in [0.1, 0.15) is 58.8 Å². The van der Waals surface area contributed by atoms with Gasteiger partial charge >= 0.3 is 0 Å². The Morgan fingerprint density at radius 2 is 1.92 bits per heavy atom. The standard InChI is InChI=1S/C27H31F2N3O4S/c1-17-12-23(36-2)21(20-8-10-30-24(17)20)14-32-11-9-26(15-27(28,29)16-26)13-22(32)18-4-6-19(7-5-18)25(33)31-37(3,34)35/h4-8,10,12,22,30H,9,11,13-16H2,1-3H3,(H,31,33)/t22-/m0/s1. The van der Waals surface area contributed by atoms with Gasteiger partial charge in [0.25, 0.3) is 5.91 Å².